The van der Waals surface area contributed by atoms with E-state index in [9.17, 15) is 4.79 Å². The first-order valence-corrected chi connectivity index (χ1v) is 7.79. The van der Waals surface area contributed by atoms with Crippen LogP contribution < -0.4 is 4.74 Å². The van der Waals surface area contributed by atoms with Crippen LogP contribution in [0.4, 0.5) is 0 Å². The highest BCUT2D eigenvalue weighted by Crippen LogP contribution is 2.18. The largest absolute Gasteiger partial charge is 0.471 e. The molecule has 1 unspecified atom stereocenters. The molecule has 1 atom stereocenters. The molecule has 0 aliphatic carbocycles. The summed E-state index contributed by atoms with van der Waals surface area (Å²) in [5, 5.41) is 7.68. The summed E-state index contributed by atoms with van der Waals surface area (Å²) in [5.41, 5.74) is 0.718. The fraction of sp³-hybridized carbons (Fsp3) is 0.267. The second-order valence-electron chi connectivity index (χ2n) is 4.85. The number of ether oxygens (including phenoxy) is 1. The Kier molecular flexibility index (Phi) is 4.33. The number of benzene rings is 1. The second kappa shape index (κ2) is 6.38. The number of halogens is 1. The molecule has 0 N–H and O–H groups in total. The summed E-state index contributed by atoms with van der Waals surface area (Å²) >= 11 is 2.23. The number of rotatable bonds is 3. The van der Waals surface area contributed by atoms with Crippen LogP contribution in [-0.2, 0) is 0 Å². The molecule has 21 heavy (non-hydrogen) atoms. The molecule has 2 aromatic rings. The predicted octanol–water partition coefficient (Wildman–Crippen LogP) is 2.37. The molecule has 6 heteroatoms. The van der Waals surface area contributed by atoms with Crippen molar-refractivity contribution < 1.29 is 9.53 Å². The third kappa shape index (κ3) is 3.49. The summed E-state index contributed by atoms with van der Waals surface area (Å²) in [7, 11) is 0. The number of nitrogens with zero attached hydrogens (tertiary/aromatic N) is 3. The quantitative estimate of drug-likeness (QED) is 0.749. The van der Waals surface area contributed by atoms with E-state index in [2.05, 4.69) is 32.8 Å². The molecule has 1 saturated heterocycles. The van der Waals surface area contributed by atoms with Crippen LogP contribution in [0.15, 0.2) is 42.6 Å². The van der Waals surface area contributed by atoms with Crippen LogP contribution in [0.3, 0.4) is 0 Å². The number of carbonyl (C=O) groups excluding carboxylic acids is 1. The van der Waals surface area contributed by atoms with Gasteiger partial charge in [0.2, 0.25) is 5.88 Å². The Labute approximate surface area is 136 Å². The standard InChI is InChI=1S/C15H14IN3O2/c16-12-5-3-11(4-6-12)15(20)19-9-7-13(10-19)21-14-2-1-8-17-18-14/h1-6,8,13H,7,9-10H2. The molecule has 3 rings (SSSR count). The Balaban J connectivity index is 1.61. The Bertz CT molecular complexity index is 619. The van der Waals surface area contributed by atoms with Crippen molar-refractivity contribution >= 4 is 28.5 Å². The van der Waals surface area contributed by atoms with Crippen LogP contribution in [-0.4, -0.2) is 40.2 Å². The molecule has 5 nitrogen and oxygen atoms in total. The first-order chi connectivity index (χ1) is 10.2. The minimum absolute atomic E-state index is 0.0190. The fourth-order valence-electron chi connectivity index (χ4n) is 2.30. The van der Waals surface area contributed by atoms with Gasteiger partial charge in [0.05, 0.1) is 6.54 Å². The first-order valence-electron chi connectivity index (χ1n) is 6.71. The van der Waals surface area contributed by atoms with E-state index in [4.69, 9.17) is 4.74 Å². The van der Waals surface area contributed by atoms with Gasteiger partial charge in [0.15, 0.2) is 0 Å². The SMILES string of the molecule is O=C(c1ccc(I)cc1)N1CCC(Oc2cccnn2)C1. The van der Waals surface area contributed by atoms with Crippen molar-refractivity contribution in [1.82, 2.24) is 15.1 Å². The molecule has 1 aromatic carbocycles. The van der Waals surface area contributed by atoms with E-state index >= 15 is 0 Å². The normalized spacial score (nSPS) is 17.8. The first kappa shape index (κ1) is 14.2. The van der Waals surface area contributed by atoms with Crippen molar-refractivity contribution in [1.29, 1.82) is 0 Å². The molecule has 0 spiro atoms. The van der Waals surface area contributed by atoms with Gasteiger partial charge in [-0.25, -0.2) is 0 Å². The summed E-state index contributed by atoms with van der Waals surface area (Å²) in [4.78, 5) is 14.2. The van der Waals surface area contributed by atoms with Crippen molar-refractivity contribution in [3.05, 3.63) is 51.7 Å². The zero-order valence-electron chi connectivity index (χ0n) is 11.3. The number of amides is 1. The van der Waals surface area contributed by atoms with Crippen molar-refractivity contribution in [2.45, 2.75) is 12.5 Å². The maximum atomic E-state index is 12.4. The summed E-state index contributed by atoms with van der Waals surface area (Å²) in [5.74, 6) is 0.558. The third-order valence-corrected chi connectivity index (χ3v) is 4.08. The van der Waals surface area contributed by atoms with Crippen molar-refractivity contribution in [3.8, 4) is 5.88 Å². The molecule has 1 fully saturated rings. The minimum Gasteiger partial charge on any atom is -0.471 e. The second-order valence-corrected chi connectivity index (χ2v) is 6.09. The Morgan fingerprint density at radius 1 is 1.29 bits per heavy atom. The van der Waals surface area contributed by atoms with Crippen LogP contribution in [0.25, 0.3) is 0 Å². The lowest BCUT2D eigenvalue weighted by molar-refractivity contribution is 0.0771. The van der Waals surface area contributed by atoms with Gasteiger partial charge in [-0.3, -0.25) is 4.79 Å². The number of likely N-dealkylation sites (tertiary alicyclic amines) is 1. The monoisotopic (exact) mass is 395 g/mol. The Morgan fingerprint density at radius 2 is 2.10 bits per heavy atom. The molecule has 1 aliphatic heterocycles. The Morgan fingerprint density at radius 3 is 2.81 bits per heavy atom. The third-order valence-electron chi connectivity index (χ3n) is 3.36. The van der Waals surface area contributed by atoms with Crippen LogP contribution in [0.2, 0.25) is 0 Å². The zero-order valence-corrected chi connectivity index (χ0v) is 13.4. The number of aromatic nitrogens is 2. The van der Waals surface area contributed by atoms with Gasteiger partial charge in [-0.05, 0) is 52.9 Å². The highest BCUT2D eigenvalue weighted by molar-refractivity contribution is 14.1. The lowest BCUT2D eigenvalue weighted by Gasteiger charge is -2.17. The molecule has 1 amide bonds. The van der Waals surface area contributed by atoms with Crippen LogP contribution in [0, 0.1) is 3.57 Å². The zero-order chi connectivity index (χ0) is 14.7. The smallest absolute Gasteiger partial charge is 0.253 e. The van der Waals surface area contributed by atoms with Gasteiger partial charge in [0.25, 0.3) is 5.91 Å². The van der Waals surface area contributed by atoms with E-state index in [1.165, 1.54) is 0 Å². The van der Waals surface area contributed by atoms with Crippen molar-refractivity contribution in [3.63, 3.8) is 0 Å². The van der Waals surface area contributed by atoms with Crippen molar-refractivity contribution in [2.75, 3.05) is 13.1 Å². The van der Waals surface area contributed by atoms with Gasteiger partial charge in [0, 0.05) is 34.4 Å². The van der Waals surface area contributed by atoms with E-state index in [0.717, 1.165) is 15.6 Å². The summed E-state index contributed by atoms with van der Waals surface area (Å²) < 4.78 is 6.86. The van der Waals surface area contributed by atoms with E-state index in [1.54, 1.807) is 18.3 Å². The van der Waals surface area contributed by atoms with Gasteiger partial charge >= 0.3 is 0 Å². The van der Waals surface area contributed by atoms with Gasteiger partial charge in [-0.2, -0.15) is 5.10 Å². The van der Waals surface area contributed by atoms with E-state index in [0.29, 0.717) is 19.0 Å². The van der Waals surface area contributed by atoms with Gasteiger partial charge in [0.1, 0.15) is 6.10 Å². The van der Waals surface area contributed by atoms with E-state index in [-0.39, 0.29) is 12.0 Å². The average Bonchev–Trinajstić information content (AvgIpc) is 2.97. The number of hydrogen-bond donors (Lipinski definition) is 0. The molecule has 0 radical (unpaired) electrons. The van der Waals surface area contributed by atoms with Crippen LogP contribution in [0.5, 0.6) is 5.88 Å². The maximum absolute atomic E-state index is 12.4. The van der Waals surface area contributed by atoms with Gasteiger partial charge in [-0.1, -0.05) is 0 Å². The number of carbonyl (C=O) groups is 1. The molecule has 108 valence electrons. The molecule has 2 heterocycles. The van der Waals surface area contributed by atoms with E-state index in [1.807, 2.05) is 29.2 Å². The molecule has 0 bridgehead atoms. The summed E-state index contributed by atoms with van der Waals surface area (Å²) in [6, 6.07) is 11.2. The molecular weight excluding hydrogens is 381 g/mol. The van der Waals surface area contributed by atoms with Gasteiger partial charge < -0.3 is 9.64 Å². The molecule has 1 aromatic heterocycles. The van der Waals surface area contributed by atoms with Gasteiger partial charge in [-0.15, -0.1) is 5.10 Å². The lowest BCUT2D eigenvalue weighted by Crippen LogP contribution is -2.31. The summed E-state index contributed by atoms with van der Waals surface area (Å²) in [6.07, 6.45) is 2.40. The fourth-order valence-corrected chi connectivity index (χ4v) is 2.66. The number of hydrogen-bond acceptors (Lipinski definition) is 4. The van der Waals surface area contributed by atoms with E-state index < -0.39 is 0 Å². The van der Waals surface area contributed by atoms with Crippen LogP contribution in [0.1, 0.15) is 16.8 Å². The average molecular weight is 395 g/mol. The maximum Gasteiger partial charge on any atom is 0.253 e. The molecule has 1 aliphatic rings. The molecular formula is C15H14IN3O2. The van der Waals surface area contributed by atoms with Crippen LogP contribution >= 0.6 is 22.6 Å². The highest BCUT2D eigenvalue weighted by Gasteiger charge is 2.28. The predicted molar refractivity (Wildman–Crippen MR) is 86.1 cm³/mol. The molecule has 0 saturated carbocycles. The lowest BCUT2D eigenvalue weighted by atomic mass is 10.2. The minimum atomic E-state index is -0.0190. The Hall–Kier alpha value is -1.70. The van der Waals surface area contributed by atoms with Crippen molar-refractivity contribution in [2.24, 2.45) is 0 Å². The topological polar surface area (TPSA) is 55.3 Å². The highest BCUT2D eigenvalue weighted by atomic mass is 127. The summed E-state index contributed by atoms with van der Waals surface area (Å²) in [6.45, 7) is 1.29.